The molecule has 2 aromatic heterocycles. The maximum Gasteiger partial charge on any atom is 0.263 e. The van der Waals surface area contributed by atoms with Gasteiger partial charge in [-0.1, -0.05) is 6.07 Å². The van der Waals surface area contributed by atoms with E-state index in [-0.39, 0.29) is 24.1 Å². The monoisotopic (exact) mass is 479 g/mol. The fourth-order valence-corrected chi connectivity index (χ4v) is 6.47. The van der Waals surface area contributed by atoms with E-state index in [1.807, 2.05) is 26.8 Å². The topological polar surface area (TPSA) is 106 Å². The molecule has 1 aromatic carbocycles. The Hall–Kier alpha value is -2.68. The summed E-state index contributed by atoms with van der Waals surface area (Å²) in [7, 11) is 0. The van der Waals surface area contributed by atoms with Crippen LogP contribution >= 0.6 is 11.3 Å². The molecule has 0 bridgehead atoms. The molecule has 1 aliphatic carbocycles. The number of aryl methyl sites for hydroxylation is 3. The normalized spacial score (nSPS) is 22.2. The Morgan fingerprint density at radius 1 is 1.26 bits per heavy atom. The van der Waals surface area contributed by atoms with Gasteiger partial charge in [0.05, 0.1) is 17.8 Å². The lowest BCUT2D eigenvalue weighted by atomic mass is 9.87. The van der Waals surface area contributed by atoms with Gasteiger partial charge in [0, 0.05) is 42.5 Å². The molecule has 5 rings (SSSR count). The number of aromatic nitrogens is 1. The first-order chi connectivity index (χ1) is 16.3. The molecular formula is C26H33N5O2S. The number of rotatable bonds is 5. The molecule has 0 unspecified atom stereocenters. The predicted molar refractivity (Wildman–Crippen MR) is 139 cm³/mol. The Kier molecular flexibility index (Phi) is 6.22. The summed E-state index contributed by atoms with van der Waals surface area (Å²) >= 11 is 1.38. The molecule has 0 saturated carbocycles. The first-order valence-electron chi connectivity index (χ1n) is 12.0. The summed E-state index contributed by atoms with van der Waals surface area (Å²) < 4.78 is 5.79. The third-order valence-corrected chi connectivity index (χ3v) is 8.14. The molecular weight excluding hydrogens is 446 g/mol. The van der Waals surface area contributed by atoms with Crippen molar-refractivity contribution >= 4 is 38.8 Å². The molecule has 1 fully saturated rings. The molecule has 1 saturated heterocycles. The number of fused-ring (bicyclic) bond motifs is 2. The lowest BCUT2D eigenvalue weighted by molar-refractivity contribution is 0.0680. The van der Waals surface area contributed by atoms with E-state index in [0.717, 1.165) is 53.8 Å². The number of carbonyl (C=O) groups excluding carboxylic acids is 1. The van der Waals surface area contributed by atoms with Crippen molar-refractivity contribution in [2.75, 3.05) is 30.3 Å². The van der Waals surface area contributed by atoms with Crippen molar-refractivity contribution in [1.82, 2.24) is 10.3 Å². The van der Waals surface area contributed by atoms with E-state index in [1.165, 1.54) is 28.2 Å². The fourth-order valence-electron chi connectivity index (χ4n) is 5.35. The summed E-state index contributed by atoms with van der Waals surface area (Å²) in [6, 6.07) is 8.80. The zero-order chi connectivity index (χ0) is 24.0. The lowest BCUT2D eigenvalue weighted by Crippen LogP contribution is -2.38. The molecule has 2 aliphatic rings. The number of nitrogens with zero attached hydrogens (tertiary/aromatic N) is 2. The number of nitrogens with one attached hydrogen (secondary N) is 1. The van der Waals surface area contributed by atoms with Crippen LogP contribution in [-0.4, -0.2) is 48.8 Å². The summed E-state index contributed by atoms with van der Waals surface area (Å²) in [6.45, 7) is 8.32. The molecule has 1 aliphatic heterocycles. The minimum atomic E-state index is -0.101. The SMILES string of the molecule is CCO[C@@H]1CN(c2ccc3c(c2)CC[C@H](NC(=O)c2sc4nc(C)cc(C)c4c2N)C3)C[C@@H]1N. The number of pyridine rings is 1. The van der Waals surface area contributed by atoms with E-state index in [2.05, 4.69) is 33.4 Å². The van der Waals surface area contributed by atoms with Gasteiger partial charge in [-0.3, -0.25) is 4.79 Å². The van der Waals surface area contributed by atoms with Gasteiger partial charge in [-0.25, -0.2) is 4.98 Å². The second-order valence-electron chi connectivity index (χ2n) is 9.53. The maximum atomic E-state index is 13.1. The molecule has 8 heteroatoms. The van der Waals surface area contributed by atoms with Crippen LogP contribution in [0.25, 0.3) is 10.2 Å². The van der Waals surface area contributed by atoms with Crippen LogP contribution in [0.5, 0.6) is 0 Å². The predicted octanol–water partition coefficient (Wildman–Crippen LogP) is 3.34. The van der Waals surface area contributed by atoms with Gasteiger partial charge >= 0.3 is 0 Å². The van der Waals surface area contributed by atoms with Crippen LogP contribution < -0.4 is 21.7 Å². The average molecular weight is 480 g/mol. The Bertz CT molecular complexity index is 1240. The Balaban J connectivity index is 1.28. The quantitative estimate of drug-likeness (QED) is 0.518. The molecule has 7 nitrogen and oxygen atoms in total. The Morgan fingerprint density at radius 3 is 2.88 bits per heavy atom. The van der Waals surface area contributed by atoms with Gasteiger partial charge in [-0.15, -0.1) is 11.3 Å². The minimum Gasteiger partial charge on any atom is -0.397 e. The van der Waals surface area contributed by atoms with Crippen LogP contribution in [0.3, 0.4) is 0 Å². The summed E-state index contributed by atoms with van der Waals surface area (Å²) in [5, 5.41) is 4.13. The number of amides is 1. The van der Waals surface area contributed by atoms with E-state index in [4.69, 9.17) is 16.2 Å². The second-order valence-corrected chi connectivity index (χ2v) is 10.5. The number of carbonyl (C=O) groups is 1. The van der Waals surface area contributed by atoms with E-state index in [9.17, 15) is 4.79 Å². The average Bonchev–Trinajstić information content (AvgIpc) is 3.33. The van der Waals surface area contributed by atoms with Crippen LogP contribution in [0.15, 0.2) is 24.3 Å². The van der Waals surface area contributed by atoms with Gasteiger partial charge in [-0.05, 0) is 74.9 Å². The molecule has 0 radical (unpaired) electrons. The van der Waals surface area contributed by atoms with E-state index >= 15 is 0 Å². The highest BCUT2D eigenvalue weighted by atomic mass is 32.1. The van der Waals surface area contributed by atoms with Crippen molar-refractivity contribution in [2.45, 2.75) is 58.2 Å². The molecule has 5 N–H and O–H groups in total. The van der Waals surface area contributed by atoms with Crippen molar-refractivity contribution in [3.63, 3.8) is 0 Å². The highest BCUT2D eigenvalue weighted by Gasteiger charge is 2.31. The summed E-state index contributed by atoms with van der Waals surface area (Å²) in [5.74, 6) is -0.101. The van der Waals surface area contributed by atoms with Crippen molar-refractivity contribution in [1.29, 1.82) is 0 Å². The third kappa shape index (κ3) is 4.26. The van der Waals surface area contributed by atoms with E-state index < -0.39 is 0 Å². The Morgan fingerprint density at radius 2 is 2.09 bits per heavy atom. The van der Waals surface area contributed by atoms with Crippen molar-refractivity contribution in [3.05, 3.63) is 51.5 Å². The summed E-state index contributed by atoms with van der Waals surface area (Å²) in [5.41, 5.74) is 19.0. The molecule has 180 valence electrons. The number of ether oxygens (including phenoxy) is 1. The third-order valence-electron chi connectivity index (χ3n) is 7.04. The number of thiophene rings is 1. The smallest absolute Gasteiger partial charge is 0.263 e. The zero-order valence-corrected chi connectivity index (χ0v) is 20.9. The van der Waals surface area contributed by atoms with Crippen LogP contribution in [0.4, 0.5) is 11.4 Å². The van der Waals surface area contributed by atoms with Crippen LogP contribution in [0.1, 0.15) is 45.4 Å². The number of nitrogen functional groups attached to an aromatic ring is 1. The van der Waals surface area contributed by atoms with Crippen molar-refractivity contribution in [3.8, 4) is 0 Å². The number of hydrogen-bond donors (Lipinski definition) is 3. The first kappa shape index (κ1) is 23.1. The van der Waals surface area contributed by atoms with Crippen LogP contribution in [-0.2, 0) is 17.6 Å². The molecule has 0 spiro atoms. The lowest BCUT2D eigenvalue weighted by Gasteiger charge is -2.27. The fraction of sp³-hybridized carbons (Fsp3) is 0.462. The zero-order valence-electron chi connectivity index (χ0n) is 20.1. The summed E-state index contributed by atoms with van der Waals surface area (Å²) in [6.07, 6.45) is 2.75. The Labute approximate surface area is 204 Å². The first-order valence-corrected chi connectivity index (χ1v) is 12.9. The molecule has 3 heterocycles. The van der Waals surface area contributed by atoms with Gasteiger partial charge in [0.25, 0.3) is 5.91 Å². The highest BCUT2D eigenvalue weighted by molar-refractivity contribution is 7.21. The van der Waals surface area contributed by atoms with Crippen LogP contribution in [0.2, 0.25) is 0 Å². The number of anilines is 2. The summed E-state index contributed by atoms with van der Waals surface area (Å²) in [4.78, 5) is 21.4. The molecule has 3 aromatic rings. The molecule has 34 heavy (non-hydrogen) atoms. The maximum absolute atomic E-state index is 13.1. The van der Waals surface area contributed by atoms with Crippen molar-refractivity contribution in [2.24, 2.45) is 5.73 Å². The largest absolute Gasteiger partial charge is 0.397 e. The number of benzene rings is 1. The molecule has 1 amide bonds. The van der Waals surface area contributed by atoms with Crippen LogP contribution in [0, 0.1) is 13.8 Å². The van der Waals surface area contributed by atoms with Gasteiger partial charge in [-0.2, -0.15) is 0 Å². The minimum absolute atomic E-state index is 0.0415. The van der Waals surface area contributed by atoms with Gasteiger partial charge in [0.15, 0.2) is 0 Å². The van der Waals surface area contributed by atoms with Gasteiger partial charge < -0.3 is 26.4 Å². The van der Waals surface area contributed by atoms with E-state index in [1.54, 1.807) is 0 Å². The van der Waals surface area contributed by atoms with Gasteiger partial charge in [0.2, 0.25) is 0 Å². The number of nitrogens with two attached hydrogens (primary N) is 2. The number of hydrogen-bond acceptors (Lipinski definition) is 7. The second kappa shape index (κ2) is 9.17. The van der Waals surface area contributed by atoms with Crippen molar-refractivity contribution < 1.29 is 9.53 Å². The van der Waals surface area contributed by atoms with Gasteiger partial charge in [0.1, 0.15) is 9.71 Å². The van der Waals surface area contributed by atoms with E-state index in [0.29, 0.717) is 17.2 Å². The standard InChI is InChI=1S/C26H33N5O2S/c1-4-33-21-13-31(12-20(21)27)19-8-6-16-10-18(7-5-17(16)11-19)30-25(32)24-23(28)22-14(2)9-15(3)29-26(22)34-24/h6,8-9,11,18,20-21H,4-5,7,10,12-13,27-28H2,1-3H3,(H,30,32)/t18-,20-,21+/m0/s1. The highest BCUT2D eigenvalue weighted by Crippen LogP contribution is 2.35. The molecule has 3 atom stereocenters.